The molecule has 1 heterocycles. The Morgan fingerprint density at radius 1 is 1.12 bits per heavy atom. The predicted octanol–water partition coefficient (Wildman–Crippen LogP) is 4.35. The van der Waals surface area contributed by atoms with Gasteiger partial charge in [-0.25, -0.2) is 4.98 Å². The first-order valence-electron chi connectivity index (χ1n) is 8.24. The van der Waals surface area contributed by atoms with Crippen molar-refractivity contribution >= 4 is 28.6 Å². The van der Waals surface area contributed by atoms with Crippen molar-refractivity contribution in [1.29, 1.82) is 0 Å². The summed E-state index contributed by atoms with van der Waals surface area (Å²) in [6.07, 6.45) is 0. The van der Waals surface area contributed by atoms with Crippen LogP contribution >= 0.6 is 11.3 Å². The molecule has 26 heavy (non-hydrogen) atoms. The maximum absolute atomic E-state index is 12.3. The first-order valence-corrected chi connectivity index (χ1v) is 9.12. The van der Waals surface area contributed by atoms with Crippen LogP contribution in [0, 0.1) is 6.92 Å². The third-order valence-corrected chi connectivity index (χ3v) is 4.63. The summed E-state index contributed by atoms with van der Waals surface area (Å²) in [5.41, 5.74) is 3.40. The van der Waals surface area contributed by atoms with Crippen LogP contribution in [0.3, 0.4) is 0 Å². The van der Waals surface area contributed by atoms with E-state index in [0.717, 1.165) is 22.1 Å². The summed E-state index contributed by atoms with van der Waals surface area (Å²) >= 11 is 1.41. The first kappa shape index (κ1) is 17.9. The van der Waals surface area contributed by atoms with Crippen LogP contribution in [0.15, 0.2) is 53.9 Å². The summed E-state index contributed by atoms with van der Waals surface area (Å²) < 4.78 is 5.71. The summed E-state index contributed by atoms with van der Waals surface area (Å²) in [5, 5.41) is 5.37. The standard InChI is InChI=1S/C20H21N3O2S/c1-14-4-10-17(11-5-14)25-12-19-22-18(13-26-19)20(24)21-15-6-8-16(9-7-15)23(2)3/h4-11,13H,12H2,1-3H3,(H,21,24). The number of rotatable bonds is 6. The van der Waals surface area contributed by atoms with Gasteiger partial charge in [-0.3, -0.25) is 4.79 Å². The third-order valence-electron chi connectivity index (χ3n) is 3.81. The van der Waals surface area contributed by atoms with Crippen LogP contribution in [0.2, 0.25) is 0 Å². The number of nitrogens with one attached hydrogen (secondary N) is 1. The van der Waals surface area contributed by atoms with Crippen LogP contribution in [0.1, 0.15) is 21.1 Å². The summed E-state index contributed by atoms with van der Waals surface area (Å²) in [5.74, 6) is 0.568. The molecule has 0 spiro atoms. The van der Waals surface area contributed by atoms with Crippen molar-refractivity contribution in [3.8, 4) is 5.75 Å². The van der Waals surface area contributed by atoms with Crippen LogP contribution in [-0.4, -0.2) is 25.0 Å². The van der Waals surface area contributed by atoms with Crippen molar-refractivity contribution in [2.24, 2.45) is 0 Å². The Morgan fingerprint density at radius 3 is 2.46 bits per heavy atom. The number of aryl methyl sites for hydroxylation is 1. The molecule has 0 aliphatic heterocycles. The van der Waals surface area contributed by atoms with E-state index in [9.17, 15) is 4.79 Å². The summed E-state index contributed by atoms with van der Waals surface area (Å²) in [7, 11) is 3.95. The van der Waals surface area contributed by atoms with Gasteiger partial charge in [0.05, 0.1) is 0 Å². The second kappa shape index (κ2) is 8.01. The largest absolute Gasteiger partial charge is 0.486 e. The van der Waals surface area contributed by atoms with Gasteiger partial charge in [0.15, 0.2) is 0 Å². The molecule has 6 heteroatoms. The molecule has 5 nitrogen and oxygen atoms in total. The Kier molecular flexibility index (Phi) is 5.53. The van der Waals surface area contributed by atoms with E-state index in [2.05, 4.69) is 10.3 Å². The van der Waals surface area contributed by atoms with E-state index >= 15 is 0 Å². The fraction of sp³-hybridized carbons (Fsp3) is 0.200. The van der Waals surface area contributed by atoms with Gasteiger partial charge >= 0.3 is 0 Å². The second-order valence-corrected chi connectivity index (χ2v) is 7.07. The van der Waals surface area contributed by atoms with E-state index in [1.54, 1.807) is 5.38 Å². The van der Waals surface area contributed by atoms with Crippen LogP contribution in [0.5, 0.6) is 5.75 Å². The molecule has 134 valence electrons. The van der Waals surface area contributed by atoms with Crippen molar-refractivity contribution in [2.45, 2.75) is 13.5 Å². The van der Waals surface area contributed by atoms with Crippen molar-refractivity contribution < 1.29 is 9.53 Å². The van der Waals surface area contributed by atoms with E-state index in [1.165, 1.54) is 16.9 Å². The number of thiazole rings is 1. The molecule has 3 aromatic rings. The quantitative estimate of drug-likeness (QED) is 0.704. The van der Waals surface area contributed by atoms with E-state index < -0.39 is 0 Å². The minimum atomic E-state index is -0.222. The minimum Gasteiger partial charge on any atom is -0.486 e. The van der Waals surface area contributed by atoms with Crippen molar-refractivity contribution in [3.05, 3.63) is 70.2 Å². The number of hydrogen-bond acceptors (Lipinski definition) is 5. The molecule has 0 saturated carbocycles. The van der Waals surface area contributed by atoms with Gasteiger partial charge in [0.2, 0.25) is 0 Å². The van der Waals surface area contributed by atoms with Crippen LogP contribution in [0.4, 0.5) is 11.4 Å². The van der Waals surface area contributed by atoms with E-state index in [-0.39, 0.29) is 5.91 Å². The van der Waals surface area contributed by atoms with Crippen molar-refractivity contribution in [2.75, 3.05) is 24.3 Å². The Morgan fingerprint density at radius 2 is 1.81 bits per heavy atom. The van der Waals surface area contributed by atoms with E-state index in [0.29, 0.717) is 12.3 Å². The maximum atomic E-state index is 12.3. The topological polar surface area (TPSA) is 54.5 Å². The maximum Gasteiger partial charge on any atom is 0.275 e. The minimum absolute atomic E-state index is 0.222. The van der Waals surface area contributed by atoms with Gasteiger partial charge in [-0.05, 0) is 43.3 Å². The molecule has 0 saturated heterocycles. The zero-order chi connectivity index (χ0) is 18.5. The molecular weight excluding hydrogens is 346 g/mol. The molecule has 0 unspecified atom stereocenters. The molecule has 1 aromatic heterocycles. The molecule has 0 aliphatic rings. The molecule has 3 rings (SSSR count). The molecule has 2 aromatic carbocycles. The molecule has 0 aliphatic carbocycles. The lowest BCUT2D eigenvalue weighted by molar-refractivity contribution is 0.102. The Balaban J connectivity index is 1.58. The number of nitrogens with zero attached hydrogens (tertiary/aromatic N) is 2. The van der Waals surface area contributed by atoms with Crippen LogP contribution in [0.25, 0.3) is 0 Å². The van der Waals surface area contributed by atoms with Gasteiger partial charge < -0.3 is 15.0 Å². The highest BCUT2D eigenvalue weighted by Crippen LogP contribution is 2.19. The van der Waals surface area contributed by atoms with Gasteiger partial charge in [0, 0.05) is 30.9 Å². The highest BCUT2D eigenvalue weighted by Gasteiger charge is 2.11. The molecule has 0 fully saturated rings. The van der Waals surface area contributed by atoms with Gasteiger partial charge in [0.25, 0.3) is 5.91 Å². The highest BCUT2D eigenvalue weighted by atomic mass is 32.1. The number of hydrogen-bond donors (Lipinski definition) is 1. The Hall–Kier alpha value is -2.86. The third kappa shape index (κ3) is 4.61. The fourth-order valence-corrected chi connectivity index (χ4v) is 2.98. The van der Waals surface area contributed by atoms with Crippen molar-refractivity contribution in [1.82, 2.24) is 4.98 Å². The molecule has 1 amide bonds. The molecule has 1 N–H and O–H groups in total. The fourth-order valence-electron chi connectivity index (χ4n) is 2.30. The Bertz CT molecular complexity index is 871. The smallest absolute Gasteiger partial charge is 0.275 e. The predicted molar refractivity (Wildman–Crippen MR) is 106 cm³/mol. The lowest BCUT2D eigenvalue weighted by Crippen LogP contribution is -2.13. The lowest BCUT2D eigenvalue weighted by atomic mass is 10.2. The summed E-state index contributed by atoms with van der Waals surface area (Å²) in [6, 6.07) is 15.5. The zero-order valence-corrected chi connectivity index (χ0v) is 15.8. The molecular formula is C20H21N3O2S. The average Bonchev–Trinajstić information content (AvgIpc) is 3.11. The van der Waals surface area contributed by atoms with Crippen LogP contribution in [-0.2, 0) is 6.61 Å². The second-order valence-electron chi connectivity index (χ2n) is 6.12. The number of carbonyl (C=O) groups excluding carboxylic acids is 1. The normalized spacial score (nSPS) is 10.4. The average molecular weight is 367 g/mol. The molecule has 0 radical (unpaired) electrons. The number of carbonyl (C=O) groups is 1. The summed E-state index contributed by atoms with van der Waals surface area (Å²) in [6.45, 7) is 2.38. The highest BCUT2D eigenvalue weighted by molar-refractivity contribution is 7.09. The van der Waals surface area contributed by atoms with E-state index in [4.69, 9.17) is 4.74 Å². The van der Waals surface area contributed by atoms with Gasteiger partial charge in [-0.2, -0.15) is 0 Å². The number of benzene rings is 2. The number of ether oxygens (including phenoxy) is 1. The lowest BCUT2D eigenvalue weighted by Gasteiger charge is -2.12. The zero-order valence-electron chi connectivity index (χ0n) is 15.0. The van der Waals surface area contributed by atoms with Gasteiger partial charge in [-0.15, -0.1) is 11.3 Å². The van der Waals surface area contributed by atoms with Gasteiger partial charge in [-0.1, -0.05) is 17.7 Å². The molecule has 0 bridgehead atoms. The van der Waals surface area contributed by atoms with Crippen molar-refractivity contribution in [3.63, 3.8) is 0 Å². The SMILES string of the molecule is Cc1ccc(OCc2nc(C(=O)Nc3ccc(N(C)C)cc3)cs2)cc1. The van der Waals surface area contributed by atoms with Crippen LogP contribution < -0.4 is 15.0 Å². The first-order chi connectivity index (χ1) is 12.5. The number of aromatic nitrogens is 1. The summed E-state index contributed by atoms with van der Waals surface area (Å²) in [4.78, 5) is 18.7. The Labute approximate surface area is 157 Å². The monoisotopic (exact) mass is 367 g/mol. The number of anilines is 2. The van der Waals surface area contributed by atoms with Gasteiger partial charge in [0.1, 0.15) is 23.1 Å². The molecule has 0 atom stereocenters. The number of amides is 1. The van der Waals surface area contributed by atoms with E-state index in [1.807, 2.05) is 74.4 Å².